The zero-order valence-corrected chi connectivity index (χ0v) is 18.4. The van der Waals surface area contributed by atoms with E-state index >= 15 is 0 Å². The topological polar surface area (TPSA) is 85.3 Å². The highest BCUT2D eigenvalue weighted by atomic mass is 35.5. The molecule has 1 amide bonds. The van der Waals surface area contributed by atoms with E-state index in [4.69, 9.17) is 21.4 Å². The quantitative estimate of drug-likeness (QED) is 0.653. The number of hydrogen-bond donors (Lipinski definition) is 1. The molecule has 0 radical (unpaired) electrons. The molecule has 1 aromatic heterocycles. The van der Waals surface area contributed by atoms with Gasteiger partial charge in [0.25, 0.3) is 5.91 Å². The number of nitrogens with zero attached hydrogens (tertiary/aromatic N) is 4. The van der Waals surface area contributed by atoms with Crippen molar-refractivity contribution in [1.82, 2.24) is 9.91 Å². The molecule has 0 spiro atoms. The lowest BCUT2D eigenvalue weighted by Crippen LogP contribution is -2.36. The van der Waals surface area contributed by atoms with E-state index in [2.05, 4.69) is 21.9 Å². The summed E-state index contributed by atoms with van der Waals surface area (Å²) in [4.78, 5) is 19.0. The average molecular weight is 454 g/mol. The highest BCUT2D eigenvalue weighted by molar-refractivity contribution is 8.26. The third-order valence-electron chi connectivity index (χ3n) is 5.54. The van der Waals surface area contributed by atoms with Gasteiger partial charge in [-0.1, -0.05) is 18.5 Å². The number of thioether (sulfide) groups is 1. The predicted octanol–water partition coefficient (Wildman–Crippen LogP) is 4.91. The molecule has 1 aromatic carbocycles. The highest BCUT2D eigenvalue weighted by Gasteiger charge is 2.37. The third kappa shape index (κ3) is 3.93. The molecule has 158 valence electrons. The number of carbonyl (C=O) groups is 1. The maximum atomic E-state index is 12.6. The Balaban J connectivity index is 1.38. The van der Waals surface area contributed by atoms with Crippen LogP contribution >= 0.6 is 23.4 Å². The molecular formula is C22H20ClN5O2S. The normalized spacial score (nSPS) is 20.9. The van der Waals surface area contributed by atoms with Crippen molar-refractivity contribution in [3.05, 3.63) is 52.8 Å². The van der Waals surface area contributed by atoms with E-state index in [1.54, 1.807) is 24.3 Å². The number of amidine groups is 3. The molecule has 1 N–H and O–H groups in total. The Morgan fingerprint density at radius 3 is 2.65 bits per heavy atom. The second-order valence-corrected chi connectivity index (χ2v) is 9.15. The van der Waals surface area contributed by atoms with E-state index in [0.717, 1.165) is 36.7 Å². The predicted molar refractivity (Wildman–Crippen MR) is 124 cm³/mol. The second-order valence-electron chi connectivity index (χ2n) is 7.78. The van der Waals surface area contributed by atoms with Crippen LogP contribution in [0.5, 0.6) is 0 Å². The summed E-state index contributed by atoms with van der Waals surface area (Å²) >= 11 is 7.29. The number of piperidine rings is 1. The third-order valence-corrected chi connectivity index (χ3v) is 6.76. The Labute approximate surface area is 189 Å². The minimum absolute atomic E-state index is 0.00678. The molecule has 0 bridgehead atoms. The maximum Gasteiger partial charge on any atom is 0.283 e. The van der Waals surface area contributed by atoms with Crippen LogP contribution in [-0.2, 0) is 4.79 Å². The molecule has 0 aliphatic carbocycles. The van der Waals surface area contributed by atoms with Gasteiger partial charge in [0.2, 0.25) is 5.17 Å². The fourth-order valence-corrected chi connectivity index (χ4v) is 4.72. The van der Waals surface area contributed by atoms with Crippen molar-refractivity contribution < 1.29 is 9.21 Å². The standard InChI is InChI=1S/C22H20ClN5O2S/c1-13-8-10-27(11-9-13)22-26-28-19(24)17(20(29)25-21(28)31-22)12-16-6-7-18(30-16)14-2-4-15(23)5-3-14/h2-7,12-13,24H,8-11H2,1H3/b17-12-,24-19?. The number of rotatable bonds is 2. The van der Waals surface area contributed by atoms with Crippen molar-refractivity contribution in [2.24, 2.45) is 16.0 Å². The summed E-state index contributed by atoms with van der Waals surface area (Å²) in [5, 5.41) is 16.4. The van der Waals surface area contributed by atoms with Crippen LogP contribution in [0.1, 0.15) is 25.5 Å². The van der Waals surface area contributed by atoms with Crippen molar-refractivity contribution in [2.45, 2.75) is 19.8 Å². The van der Waals surface area contributed by atoms with Crippen LogP contribution < -0.4 is 0 Å². The van der Waals surface area contributed by atoms with Gasteiger partial charge in [0.1, 0.15) is 11.5 Å². The van der Waals surface area contributed by atoms with Crippen molar-refractivity contribution in [1.29, 1.82) is 5.41 Å². The minimum atomic E-state index is -0.461. The van der Waals surface area contributed by atoms with Gasteiger partial charge in [0.15, 0.2) is 11.0 Å². The van der Waals surface area contributed by atoms with Gasteiger partial charge >= 0.3 is 0 Å². The van der Waals surface area contributed by atoms with Gasteiger partial charge in [-0.05, 0) is 73.0 Å². The number of fused-ring (bicyclic) bond motifs is 1. The number of hydrazone groups is 1. The van der Waals surface area contributed by atoms with Gasteiger partial charge in [0.05, 0.1) is 5.57 Å². The molecule has 0 unspecified atom stereocenters. The first-order chi connectivity index (χ1) is 15.0. The van der Waals surface area contributed by atoms with E-state index in [1.165, 1.54) is 16.8 Å². The molecule has 31 heavy (non-hydrogen) atoms. The van der Waals surface area contributed by atoms with Gasteiger partial charge in [-0.25, -0.2) is 0 Å². The Morgan fingerprint density at radius 2 is 1.90 bits per heavy atom. The maximum absolute atomic E-state index is 12.6. The first-order valence-electron chi connectivity index (χ1n) is 10.1. The van der Waals surface area contributed by atoms with Crippen LogP contribution in [0.15, 0.2) is 56.5 Å². The Kier molecular flexibility index (Phi) is 5.19. The van der Waals surface area contributed by atoms with Gasteiger partial charge in [-0.3, -0.25) is 10.2 Å². The molecule has 5 rings (SSSR count). The summed E-state index contributed by atoms with van der Waals surface area (Å²) in [5.74, 6) is 1.38. The second kappa shape index (κ2) is 8.01. The number of nitrogens with one attached hydrogen (secondary N) is 1. The Bertz CT molecular complexity index is 1140. The van der Waals surface area contributed by atoms with Crippen LogP contribution in [0.25, 0.3) is 17.4 Å². The summed E-state index contributed by atoms with van der Waals surface area (Å²) in [6.07, 6.45) is 3.77. The first-order valence-corrected chi connectivity index (χ1v) is 11.3. The lowest BCUT2D eigenvalue weighted by Gasteiger charge is -2.30. The molecule has 4 heterocycles. The molecule has 0 saturated carbocycles. The van der Waals surface area contributed by atoms with Crippen molar-refractivity contribution >= 4 is 51.5 Å². The van der Waals surface area contributed by atoms with Crippen LogP contribution in [0.4, 0.5) is 0 Å². The van der Waals surface area contributed by atoms with Gasteiger partial charge < -0.3 is 9.32 Å². The zero-order chi connectivity index (χ0) is 21.5. The van der Waals surface area contributed by atoms with Gasteiger partial charge in [0, 0.05) is 23.7 Å². The molecule has 7 nitrogen and oxygen atoms in total. The fourth-order valence-electron chi connectivity index (χ4n) is 3.65. The van der Waals surface area contributed by atoms with E-state index in [-0.39, 0.29) is 11.4 Å². The number of likely N-dealkylation sites (tertiary alicyclic amines) is 1. The molecule has 3 aliphatic heterocycles. The largest absolute Gasteiger partial charge is 0.457 e. The smallest absolute Gasteiger partial charge is 0.283 e. The number of furan rings is 1. The SMILES string of the molecule is CC1CCN(C2=NN3C(=N)/C(=C/c4ccc(-c5ccc(Cl)cc5)o4)C(=O)N=C3S2)CC1. The van der Waals surface area contributed by atoms with Crippen molar-refractivity contribution in [2.75, 3.05) is 13.1 Å². The van der Waals surface area contributed by atoms with Crippen LogP contribution in [0.2, 0.25) is 5.02 Å². The first kappa shape index (κ1) is 20.1. The van der Waals surface area contributed by atoms with E-state index in [1.807, 2.05) is 18.2 Å². The monoisotopic (exact) mass is 453 g/mol. The number of carbonyl (C=O) groups excluding carboxylic acids is 1. The van der Waals surface area contributed by atoms with E-state index in [0.29, 0.717) is 27.6 Å². The summed E-state index contributed by atoms with van der Waals surface area (Å²) in [6.45, 7) is 4.11. The summed E-state index contributed by atoms with van der Waals surface area (Å²) < 4.78 is 5.86. The Morgan fingerprint density at radius 1 is 1.16 bits per heavy atom. The summed E-state index contributed by atoms with van der Waals surface area (Å²) in [5.41, 5.74) is 1.03. The summed E-state index contributed by atoms with van der Waals surface area (Å²) in [6, 6.07) is 10.9. The van der Waals surface area contributed by atoms with Crippen LogP contribution in [0.3, 0.4) is 0 Å². The van der Waals surface area contributed by atoms with Crippen molar-refractivity contribution in [3.8, 4) is 11.3 Å². The van der Waals surface area contributed by atoms with Gasteiger partial charge in [-0.2, -0.15) is 10.0 Å². The zero-order valence-electron chi connectivity index (χ0n) is 16.8. The van der Waals surface area contributed by atoms with E-state index in [9.17, 15) is 4.79 Å². The molecule has 3 aliphatic rings. The average Bonchev–Trinajstić information content (AvgIpc) is 3.40. The van der Waals surface area contributed by atoms with Crippen LogP contribution in [0, 0.1) is 11.3 Å². The number of aliphatic imine (C=N–C) groups is 1. The van der Waals surface area contributed by atoms with Gasteiger partial charge in [-0.15, -0.1) is 5.10 Å². The van der Waals surface area contributed by atoms with Crippen molar-refractivity contribution in [3.63, 3.8) is 0 Å². The Hall–Kier alpha value is -2.84. The van der Waals surface area contributed by atoms with E-state index < -0.39 is 5.91 Å². The molecule has 0 atom stereocenters. The highest BCUT2D eigenvalue weighted by Crippen LogP contribution is 2.32. The lowest BCUT2D eigenvalue weighted by molar-refractivity contribution is -0.114. The fraction of sp³-hybridized carbons (Fsp3) is 0.273. The number of halogens is 1. The molecule has 2 aromatic rings. The molecular weight excluding hydrogens is 434 g/mol. The molecule has 1 saturated heterocycles. The number of hydrogen-bond acceptors (Lipinski definition) is 6. The van der Waals surface area contributed by atoms with Crippen LogP contribution in [-0.4, -0.2) is 45.1 Å². The number of benzene rings is 1. The molecule has 9 heteroatoms. The number of amides is 1. The molecule has 1 fully saturated rings. The minimum Gasteiger partial charge on any atom is -0.457 e. The summed E-state index contributed by atoms with van der Waals surface area (Å²) in [7, 11) is 0. The lowest BCUT2D eigenvalue weighted by atomic mass is 10.00.